The van der Waals surface area contributed by atoms with Crippen LogP contribution in [0.5, 0.6) is 5.75 Å². The summed E-state index contributed by atoms with van der Waals surface area (Å²) in [5.74, 6) is 0.629. The zero-order chi connectivity index (χ0) is 15.2. The second-order valence-corrected chi connectivity index (χ2v) is 5.89. The van der Waals surface area contributed by atoms with E-state index in [1.54, 1.807) is 4.90 Å². The van der Waals surface area contributed by atoms with E-state index in [1.165, 1.54) is 0 Å². The van der Waals surface area contributed by atoms with Gasteiger partial charge in [-0.1, -0.05) is 29.3 Å². The van der Waals surface area contributed by atoms with Gasteiger partial charge in [0.1, 0.15) is 18.4 Å². The molecule has 6 heteroatoms. The summed E-state index contributed by atoms with van der Waals surface area (Å²) in [5, 5.41) is 2.74. The predicted molar refractivity (Wildman–Crippen MR) is 83.1 cm³/mol. The van der Waals surface area contributed by atoms with Gasteiger partial charge in [0.15, 0.2) is 0 Å². The normalized spacial score (nSPS) is 18.6. The molecule has 1 fully saturated rings. The number of nitrogens with one attached hydrogen (secondary N) is 1. The molecule has 0 spiro atoms. The van der Waals surface area contributed by atoms with Crippen LogP contribution in [0.15, 0.2) is 28.7 Å². The molecule has 1 atom stereocenters. The van der Waals surface area contributed by atoms with Crippen molar-refractivity contribution in [3.63, 3.8) is 0 Å². The number of carbonyl (C=O) groups excluding carboxylic acids is 2. The lowest BCUT2D eigenvalue weighted by Gasteiger charge is -2.32. The van der Waals surface area contributed by atoms with Crippen molar-refractivity contribution in [3.05, 3.63) is 28.7 Å². The third-order valence-electron chi connectivity index (χ3n) is 3.30. The van der Waals surface area contributed by atoms with Crippen LogP contribution in [0.25, 0.3) is 0 Å². The van der Waals surface area contributed by atoms with E-state index in [2.05, 4.69) is 21.2 Å². The Kier molecular flexibility index (Phi) is 5.61. The maximum atomic E-state index is 12.2. The molecular formula is C15H19BrN2O3. The lowest BCUT2D eigenvalue weighted by atomic mass is 10.1. The number of hydrogen-bond donors (Lipinski definition) is 1. The summed E-state index contributed by atoms with van der Waals surface area (Å²) in [7, 11) is 0. The van der Waals surface area contributed by atoms with E-state index in [1.807, 2.05) is 31.2 Å². The first-order valence-corrected chi connectivity index (χ1v) is 7.86. The van der Waals surface area contributed by atoms with E-state index in [4.69, 9.17) is 4.74 Å². The molecule has 0 saturated carbocycles. The van der Waals surface area contributed by atoms with E-state index in [9.17, 15) is 9.59 Å². The Morgan fingerprint density at radius 3 is 2.71 bits per heavy atom. The number of rotatable bonds is 6. The fourth-order valence-electron chi connectivity index (χ4n) is 2.25. The van der Waals surface area contributed by atoms with E-state index < -0.39 is 0 Å². The second kappa shape index (κ2) is 7.45. The highest BCUT2D eigenvalue weighted by Crippen LogP contribution is 2.16. The minimum absolute atomic E-state index is 0.0177. The van der Waals surface area contributed by atoms with Gasteiger partial charge in [-0.2, -0.15) is 0 Å². The molecule has 0 bridgehead atoms. The average Bonchev–Trinajstić information content (AvgIpc) is 2.46. The molecule has 1 unspecified atom stereocenters. The van der Waals surface area contributed by atoms with E-state index in [0.29, 0.717) is 19.6 Å². The lowest BCUT2D eigenvalue weighted by molar-refractivity contribution is -0.144. The lowest BCUT2D eigenvalue weighted by Crippen LogP contribution is -2.58. The SMILES string of the molecule is CCCC1NC(=O)CN(CCOc2ccc(Br)cc2)C1=O. The van der Waals surface area contributed by atoms with Gasteiger partial charge in [0.05, 0.1) is 13.1 Å². The van der Waals surface area contributed by atoms with Gasteiger partial charge in [-0.15, -0.1) is 0 Å². The van der Waals surface area contributed by atoms with Gasteiger partial charge in [0, 0.05) is 4.47 Å². The molecular weight excluding hydrogens is 336 g/mol. The van der Waals surface area contributed by atoms with Crippen LogP contribution in [0.1, 0.15) is 19.8 Å². The first kappa shape index (κ1) is 15.8. The highest BCUT2D eigenvalue weighted by Gasteiger charge is 2.31. The minimum atomic E-state index is -0.385. The number of benzene rings is 1. The van der Waals surface area contributed by atoms with Crippen molar-refractivity contribution in [2.75, 3.05) is 19.7 Å². The third-order valence-corrected chi connectivity index (χ3v) is 3.83. The maximum absolute atomic E-state index is 12.2. The topological polar surface area (TPSA) is 58.6 Å². The van der Waals surface area contributed by atoms with Crippen LogP contribution >= 0.6 is 15.9 Å². The summed E-state index contributed by atoms with van der Waals surface area (Å²) >= 11 is 3.36. The Bertz CT molecular complexity index is 504. The summed E-state index contributed by atoms with van der Waals surface area (Å²) in [6.07, 6.45) is 1.54. The molecule has 1 aliphatic heterocycles. The third kappa shape index (κ3) is 4.46. The molecule has 114 valence electrons. The van der Waals surface area contributed by atoms with Crippen molar-refractivity contribution in [2.24, 2.45) is 0 Å². The molecule has 1 aliphatic rings. The molecule has 1 heterocycles. The van der Waals surface area contributed by atoms with Crippen molar-refractivity contribution in [3.8, 4) is 5.75 Å². The highest BCUT2D eigenvalue weighted by atomic mass is 79.9. The number of nitrogens with zero attached hydrogens (tertiary/aromatic N) is 1. The Balaban J connectivity index is 1.85. The monoisotopic (exact) mass is 354 g/mol. The Hall–Kier alpha value is -1.56. The quantitative estimate of drug-likeness (QED) is 0.849. The van der Waals surface area contributed by atoms with Crippen molar-refractivity contribution in [1.82, 2.24) is 10.2 Å². The molecule has 1 saturated heterocycles. The molecule has 5 nitrogen and oxygen atoms in total. The molecule has 1 aromatic rings. The molecule has 0 radical (unpaired) electrons. The minimum Gasteiger partial charge on any atom is -0.492 e. The van der Waals surface area contributed by atoms with E-state index in [0.717, 1.165) is 16.6 Å². The summed E-state index contributed by atoms with van der Waals surface area (Å²) in [6.45, 7) is 2.90. The first-order valence-electron chi connectivity index (χ1n) is 7.06. The molecule has 0 aliphatic carbocycles. The summed E-state index contributed by atoms with van der Waals surface area (Å²) in [4.78, 5) is 25.4. The van der Waals surface area contributed by atoms with Gasteiger partial charge in [-0.25, -0.2) is 0 Å². The standard InChI is InChI=1S/C15H19BrN2O3/c1-2-3-13-15(20)18(10-14(19)17-13)8-9-21-12-6-4-11(16)5-7-12/h4-7,13H,2-3,8-10H2,1H3,(H,17,19). The maximum Gasteiger partial charge on any atom is 0.245 e. The number of hydrogen-bond acceptors (Lipinski definition) is 3. The van der Waals surface area contributed by atoms with Crippen LogP contribution in [0.4, 0.5) is 0 Å². The van der Waals surface area contributed by atoms with Gasteiger partial charge in [-0.05, 0) is 30.7 Å². The Morgan fingerprint density at radius 1 is 1.33 bits per heavy atom. The largest absolute Gasteiger partial charge is 0.492 e. The van der Waals surface area contributed by atoms with Crippen LogP contribution in [0, 0.1) is 0 Å². The fraction of sp³-hybridized carbons (Fsp3) is 0.467. The smallest absolute Gasteiger partial charge is 0.245 e. The number of carbonyl (C=O) groups is 2. The van der Waals surface area contributed by atoms with Crippen LogP contribution in [0.3, 0.4) is 0 Å². The average molecular weight is 355 g/mol. The van der Waals surface area contributed by atoms with Crippen molar-refractivity contribution < 1.29 is 14.3 Å². The van der Waals surface area contributed by atoms with Gasteiger partial charge < -0.3 is 15.0 Å². The van der Waals surface area contributed by atoms with E-state index in [-0.39, 0.29) is 24.4 Å². The molecule has 0 aromatic heterocycles. The Morgan fingerprint density at radius 2 is 2.05 bits per heavy atom. The number of ether oxygens (including phenoxy) is 1. The Labute approximate surface area is 132 Å². The number of amides is 2. The summed E-state index contributed by atoms with van der Waals surface area (Å²) in [6, 6.07) is 7.12. The molecule has 21 heavy (non-hydrogen) atoms. The summed E-state index contributed by atoms with van der Waals surface area (Å²) < 4.78 is 6.58. The number of halogens is 1. The molecule has 1 aromatic carbocycles. The van der Waals surface area contributed by atoms with Crippen molar-refractivity contribution in [2.45, 2.75) is 25.8 Å². The van der Waals surface area contributed by atoms with Gasteiger partial charge >= 0.3 is 0 Å². The number of piperazine rings is 1. The van der Waals surface area contributed by atoms with E-state index >= 15 is 0 Å². The molecule has 1 N–H and O–H groups in total. The van der Waals surface area contributed by atoms with Crippen LogP contribution in [0.2, 0.25) is 0 Å². The molecule has 2 rings (SSSR count). The van der Waals surface area contributed by atoms with Crippen molar-refractivity contribution in [1.29, 1.82) is 0 Å². The van der Waals surface area contributed by atoms with Crippen molar-refractivity contribution >= 4 is 27.7 Å². The van der Waals surface area contributed by atoms with Gasteiger partial charge in [0.25, 0.3) is 0 Å². The fourth-order valence-corrected chi connectivity index (χ4v) is 2.52. The zero-order valence-corrected chi connectivity index (χ0v) is 13.6. The van der Waals surface area contributed by atoms with Gasteiger partial charge in [0.2, 0.25) is 11.8 Å². The molecule has 2 amide bonds. The van der Waals surface area contributed by atoms with Crippen LogP contribution < -0.4 is 10.1 Å². The van der Waals surface area contributed by atoms with Crippen LogP contribution in [-0.2, 0) is 9.59 Å². The summed E-state index contributed by atoms with van der Waals surface area (Å²) in [5.41, 5.74) is 0. The van der Waals surface area contributed by atoms with Gasteiger partial charge in [-0.3, -0.25) is 9.59 Å². The predicted octanol–water partition coefficient (Wildman–Crippen LogP) is 1.95. The van der Waals surface area contributed by atoms with Crippen LogP contribution in [-0.4, -0.2) is 42.5 Å². The first-order chi connectivity index (χ1) is 10.1. The second-order valence-electron chi connectivity index (χ2n) is 4.97. The highest BCUT2D eigenvalue weighted by molar-refractivity contribution is 9.10. The zero-order valence-electron chi connectivity index (χ0n) is 12.0.